The summed E-state index contributed by atoms with van der Waals surface area (Å²) in [6.45, 7) is 1.90. The molecule has 2 heterocycles. The van der Waals surface area contributed by atoms with Crippen LogP contribution in [0.25, 0.3) is 21.1 Å². The maximum atomic E-state index is 13.3. The molecule has 4 aromatic rings. The van der Waals surface area contributed by atoms with Crippen LogP contribution in [-0.4, -0.2) is 15.2 Å². The molecule has 0 spiro atoms. The van der Waals surface area contributed by atoms with Crippen molar-refractivity contribution in [3.05, 3.63) is 83.3 Å². The molecule has 146 valence electrons. The van der Waals surface area contributed by atoms with Gasteiger partial charge in [0.25, 0.3) is 0 Å². The number of hydrogen-bond donors (Lipinski definition) is 0. The molecule has 0 N–H and O–H groups in total. The third-order valence-electron chi connectivity index (χ3n) is 4.13. The van der Waals surface area contributed by atoms with E-state index in [1.165, 1.54) is 41.3 Å². The first-order valence-electron chi connectivity index (χ1n) is 8.64. The molecule has 8 heteroatoms. The van der Waals surface area contributed by atoms with Gasteiger partial charge in [-0.3, -0.25) is 0 Å². The number of thiazole rings is 1. The van der Waals surface area contributed by atoms with Crippen molar-refractivity contribution in [1.29, 1.82) is 0 Å². The number of benzene rings is 2. The van der Waals surface area contributed by atoms with Crippen LogP contribution in [0, 0.1) is 24.4 Å². The molecule has 0 amide bonds. The quantitative estimate of drug-likeness (QED) is 0.350. The maximum absolute atomic E-state index is 13.3. The molecule has 2 aromatic carbocycles. The summed E-state index contributed by atoms with van der Waals surface area (Å²) in [5.41, 5.74) is 3.04. The van der Waals surface area contributed by atoms with Crippen molar-refractivity contribution in [2.24, 2.45) is 0 Å². The molecular formula is C21H14F3N3S2. The van der Waals surface area contributed by atoms with Gasteiger partial charge in [-0.25, -0.2) is 18.2 Å². The van der Waals surface area contributed by atoms with Gasteiger partial charge in [0.15, 0.2) is 11.6 Å². The van der Waals surface area contributed by atoms with Crippen molar-refractivity contribution in [2.45, 2.75) is 17.7 Å². The zero-order valence-corrected chi connectivity index (χ0v) is 16.8. The number of aryl methyl sites for hydroxylation is 1. The smallest absolute Gasteiger partial charge is 0.159 e. The minimum atomic E-state index is -0.859. The Hall–Kier alpha value is -2.71. The zero-order chi connectivity index (χ0) is 20.4. The van der Waals surface area contributed by atoms with Crippen molar-refractivity contribution in [3.8, 4) is 21.1 Å². The highest BCUT2D eigenvalue weighted by atomic mass is 32.2. The van der Waals surface area contributed by atoms with Gasteiger partial charge in [0.1, 0.15) is 21.5 Å². The van der Waals surface area contributed by atoms with E-state index in [9.17, 15) is 13.2 Å². The molecule has 2 aromatic heterocycles. The highest BCUT2D eigenvalue weighted by Gasteiger charge is 2.13. The lowest BCUT2D eigenvalue weighted by Crippen LogP contribution is -1.91. The van der Waals surface area contributed by atoms with E-state index in [0.29, 0.717) is 22.0 Å². The highest BCUT2D eigenvalue weighted by Crippen LogP contribution is 2.34. The standard InChI is InChI=1S/C21H14F3N3S2/c1-12-20(29-21(25-12)14-3-5-15(22)6-4-14)18-8-9-19(27-26-18)28-11-13-2-7-16(23)17(24)10-13/h2-10H,11H2,1H3. The molecule has 3 nitrogen and oxygen atoms in total. The van der Waals surface area contributed by atoms with Gasteiger partial charge in [-0.2, -0.15) is 0 Å². The summed E-state index contributed by atoms with van der Waals surface area (Å²) < 4.78 is 39.4. The summed E-state index contributed by atoms with van der Waals surface area (Å²) in [5, 5.41) is 9.97. The molecule has 4 rings (SSSR count). The van der Waals surface area contributed by atoms with E-state index in [2.05, 4.69) is 15.2 Å². The van der Waals surface area contributed by atoms with Crippen LogP contribution in [-0.2, 0) is 5.75 Å². The zero-order valence-electron chi connectivity index (χ0n) is 15.2. The Morgan fingerprint density at radius 2 is 1.69 bits per heavy atom. The lowest BCUT2D eigenvalue weighted by atomic mass is 10.2. The van der Waals surface area contributed by atoms with Crippen molar-refractivity contribution in [2.75, 3.05) is 0 Å². The first-order valence-corrected chi connectivity index (χ1v) is 10.4. The molecule has 0 aliphatic carbocycles. The highest BCUT2D eigenvalue weighted by molar-refractivity contribution is 7.98. The molecule has 0 aliphatic heterocycles. The van der Waals surface area contributed by atoms with Gasteiger partial charge in [0.05, 0.1) is 10.6 Å². The van der Waals surface area contributed by atoms with Crippen LogP contribution in [0.5, 0.6) is 0 Å². The predicted molar refractivity (Wildman–Crippen MR) is 109 cm³/mol. The van der Waals surface area contributed by atoms with E-state index in [0.717, 1.165) is 27.2 Å². The Balaban J connectivity index is 1.49. The van der Waals surface area contributed by atoms with Crippen LogP contribution in [0.4, 0.5) is 13.2 Å². The number of thioether (sulfide) groups is 1. The Morgan fingerprint density at radius 3 is 2.38 bits per heavy atom. The van der Waals surface area contributed by atoms with E-state index in [1.54, 1.807) is 18.2 Å². The second kappa shape index (κ2) is 8.34. The van der Waals surface area contributed by atoms with Gasteiger partial charge in [0, 0.05) is 11.3 Å². The summed E-state index contributed by atoms with van der Waals surface area (Å²) in [7, 11) is 0. The second-order valence-corrected chi connectivity index (χ2v) is 8.23. The van der Waals surface area contributed by atoms with Gasteiger partial charge < -0.3 is 0 Å². The summed E-state index contributed by atoms with van der Waals surface area (Å²) in [5.74, 6) is -1.55. The minimum absolute atomic E-state index is 0.287. The van der Waals surface area contributed by atoms with E-state index >= 15 is 0 Å². The number of aromatic nitrogens is 3. The van der Waals surface area contributed by atoms with Gasteiger partial charge in [-0.1, -0.05) is 17.8 Å². The monoisotopic (exact) mass is 429 g/mol. The second-order valence-electron chi connectivity index (χ2n) is 6.23. The molecule has 0 radical (unpaired) electrons. The molecule has 0 unspecified atom stereocenters. The predicted octanol–water partition coefficient (Wildman–Crippen LogP) is 6.29. The SMILES string of the molecule is Cc1nc(-c2ccc(F)cc2)sc1-c1ccc(SCc2ccc(F)c(F)c2)nn1. The van der Waals surface area contributed by atoms with Crippen LogP contribution < -0.4 is 0 Å². The average molecular weight is 429 g/mol. The Kier molecular flexibility index (Phi) is 5.64. The lowest BCUT2D eigenvalue weighted by Gasteiger charge is -2.03. The molecule has 0 saturated heterocycles. The Morgan fingerprint density at radius 1 is 0.897 bits per heavy atom. The maximum Gasteiger partial charge on any atom is 0.159 e. The number of nitrogens with zero attached hydrogens (tertiary/aromatic N) is 3. The fourth-order valence-corrected chi connectivity index (χ4v) is 4.45. The third kappa shape index (κ3) is 4.49. The van der Waals surface area contributed by atoms with Crippen LogP contribution in [0.1, 0.15) is 11.3 Å². The number of rotatable bonds is 5. The fourth-order valence-electron chi connectivity index (χ4n) is 2.65. The first kappa shape index (κ1) is 19.6. The van der Waals surface area contributed by atoms with E-state index < -0.39 is 11.6 Å². The fraction of sp³-hybridized carbons (Fsp3) is 0.0952. The van der Waals surface area contributed by atoms with Crippen LogP contribution in [0.2, 0.25) is 0 Å². The van der Waals surface area contributed by atoms with Gasteiger partial charge >= 0.3 is 0 Å². The molecule has 0 atom stereocenters. The van der Waals surface area contributed by atoms with Crippen LogP contribution >= 0.6 is 23.1 Å². The molecule has 29 heavy (non-hydrogen) atoms. The van der Waals surface area contributed by atoms with Gasteiger partial charge in [0.2, 0.25) is 0 Å². The summed E-state index contributed by atoms with van der Waals surface area (Å²) in [6, 6.07) is 13.7. The van der Waals surface area contributed by atoms with Crippen LogP contribution in [0.3, 0.4) is 0 Å². The Labute approximate surface area is 173 Å². The topological polar surface area (TPSA) is 38.7 Å². The molecule has 0 bridgehead atoms. The first-order chi connectivity index (χ1) is 14.0. The summed E-state index contributed by atoms with van der Waals surface area (Å²) in [4.78, 5) is 5.45. The van der Waals surface area contributed by atoms with Crippen molar-refractivity contribution in [1.82, 2.24) is 15.2 Å². The van der Waals surface area contributed by atoms with E-state index in [-0.39, 0.29) is 5.82 Å². The van der Waals surface area contributed by atoms with Crippen LogP contribution in [0.15, 0.2) is 59.6 Å². The number of hydrogen-bond acceptors (Lipinski definition) is 5. The molecular weight excluding hydrogens is 415 g/mol. The van der Waals surface area contributed by atoms with E-state index in [1.807, 2.05) is 19.1 Å². The molecule has 0 fully saturated rings. The average Bonchev–Trinajstić information content (AvgIpc) is 3.11. The normalized spacial score (nSPS) is 11.0. The summed E-state index contributed by atoms with van der Waals surface area (Å²) >= 11 is 2.86. The number of halogens is 3. The Bertz CT molecular complexity index is 1140. The van der Waals surface area contributed by atoms with Crippen molar-refractivity contribution in [3.63, 3.8) is 0 Å². The van der Waals surface area contributed by atoms with E-state index in [4.69, 9.17) is 0 Å². The summed E-state index contributed by atoms with van der Waals surface area (Å²) in [6.07, 6.45) is 0. The molecule has 0 aliphatic rings. The van der Waals surface area contributed by atoms with Gasteiger partial charge in [-0.15, -0.1) is 21.5 Å². The van der Waals surface area contributed by atoms with Gasteiger partial charge in [-0.05, 0) is 61.0 Å². The molecule has 0 saturated carbocycles. The van der Waals surface area contributed by atoms with Crippen molar-refractivity contribution >= 4 is 23.1 Å². The largest absolute Gasteiger partial charge is 0.241 e. The lowest BCUT2D eigenvalue weighted by molar-refractivity contribution is 0.507. The van der Waals surface area contributed by atoms with Crippen molar-refractivity contribution < 1.29 is 13.2 Å². The minimum Gasteiger partial charge on any atom is -0.241 e. The third-order valence-corrected chi connectivity index (χ3v) is 6.35.